The van der Waals surface area contributed by atoms with Crippen LogP contribution in [0.5, 0.6) is 0 Å². The predicted octanol–water partition coefficient (Wildman–Crippen LogP) is 2.30. The van der Waals surface area contributed by atoms with Crippen LogP contribution in [0.4, 0.5) is 11.4 Å². The Morgan fingerprint density at radius 1 is 1.53 bits per heavy atom. The van der Waals surface area contributed by atoms with E-state index in [4.69, 9.17) is 5.73 Å². The zero-order chi connectivity index (χ0) is 14.0. The first-order valence-electron chi connectivity index (χ1n) is 6.29. The number of nitro groups is 1. The largest absolute Gasteiger partial charge is 0.384 e. The summed E-state index contributed by atoms with van der Waals surface area (Å²) < 4.78 is 0. The topological polar surface area (TPSA) is 98.3 Å². The lowest BCUT2D eigenvalue weighted by Crippen LogP contribution is -2.19. The minimum Gasteiger partial charge on any atom is -0.384 e. The van der Waals surface area contributed by atoms with E-state index < -0.39 is 10.8 Å². The fraction of sp³-hybridized carbons (Fsp3) is 0.462. The summed E-state index contributed by atoms with van der Waals surface area (Å²) in [6.45, 7) is 2.90. The molecule has 1 aliphatic rings. The fourth-order valence-electron chi connectivity index (χ4n) is 2.12. The number of nitrogens with two attached hydrogens (primary N) is 1. The van der Waals surface area contributed by atoms with Gasteiger partial charge in [0.1, 0.15) is 0 Å². The van der Waals surface area contributed by atoms with Crippen molar-refractivity contribution in [3.8, 4) is 0 Å². The molecule has 0 bridgehead atoms. The van der Waals surface area contributed by atoms with Gasteiger partial charge in [-0.05, 0) is 30.7 Å². The van der Waals surface area contributed by atoms with Crippen molar-refractivity contribution in [3.63, 3.8) is 0 Å². The van der Waals surface area contributed by atoms with Gasteiger partial charge in [-0.2, -0.15) is 0 Å². The van der Waals surface area contributed by atoms with E-state index in [9.17, 15) is 14.9 Å². The zero-order valence-electron chi connectivity index (χ0n) is 10.8. The summed E-state index contributed by atoms with van der Waals surface area (Å²) in [5.41, 5.74) is 6.19. The molecule has 0 radical (unpaired) electrons. The summed E-state index contributed by atoms with van der Waals surface area (Å²) >= 11 is 0. The average Bonchev–Trinajstić information content (AvgIpc) is 3.16. The lowest BCUT2D eigenvalue weighted by Gasteiger charge is -2.16. The number of primary amides is 1. The highest BCUT2D eigenvalue weighted by molar-refractivity contribution is 5.99. The molecule has 0 spiro atoms. The molecule has 0 unspecified atom stereocenters. The molecule has 1 aromatic rings. The van der Waals surface area contributed by atoms with Crippen LogP contribution in [0, 0.1) is 15.5 Å². The van der Waals surface area contributed by atoms with E-state index in [2.05, 4.69) is 12.2 Å². The van der Waals surface area contributed by atoms with Gasteiger partial charge in [-0.1, -0.05) is 6.92 Å². The maximum Gasteiger partial charge on any atom is 0.270 e. The Bertz CT molecular complexity index is 524. The SMILES string of the molecule is CCC1(CNc2ccc([N+](=O)[O-])cc2C(N)=O)CC1. The molecule has 0 saturated heterocycles. The fourth-order valence-corrected chi connectivity index (χ4v) is 2.12. The molecule has 1 fully saturated rings. The number of rotatable bonds is 6. The number of nitro benzene ring substituents is 1. The van der Waals surface area contributed by atoms with Gasteiger partial charge in [-0.25, -0.2) is 0 Å². The minimum absolute atomic E-state index is 0.129. The molecule has 102 valence electrons. The molecule has 0 atom stereocenters. The zero-order valence-corrected chi connectivity index (χ0v) is 10.8. The van der Waals surface area contributed by atoms with E-state index >= 15 is 0 Å². The summed E-state index contributed by atoms with van der Waals surface area (Å²) in [5.74, 6) is -0.660. The number of amides is 1. The number of benzene rings is 1. The molecular weight excluding hydrogens is 246 g/mol. The van der Waals surface area contributed by atoms with Gasteiger partial charge in [0.15, 0.2) is 0 Å². The Kier molecular flexibility index (Phi) is 3.42. The van der Waals surface area contributed by atoms with Gasteiger partial charge in [0, 0.05) is 24.4 Å². The smallest absolute Gasteiger partial charge is 0.270 e. The van der Waals surface area contributed by atoms with Crippen molar-refractivity contribution in [2.24, 2.45) is 11.1 Å². The molecule has 3 N–H and O–H groups in total. The number of carbonyl (C=O) groups excluding carboxylic acids is 1. The third-order valence-corrected chi connectivity index (χ3v) is 3.84. The summed E-state index contributed by atoms with van der Waals surface area (Å²) in [4.78, 5) is 21.5. The standard InChI is InChI=1S/C13H17N3O3/c1-2-13(5-6-13)8-15-11-4-3-9(16(18)19)7-10(11)12(14)17/h3-4,7,15H,2,5-6,8H2,1H3,(H2,14,17). The first kappa shape index (κ1) is 13.3. The predicted molar refractivity (Wildman–Crippen MR) is 72.1 cm³/mol. The normalized spacial score (nSPS) is 15.8. The number of anilines is 1. The Morgan fingerprint density at radius 2 is 2.21 bits per heavy atom. The van der Waals surface area contributed by atoms with Crippen molar-refractivity contribution >= 4 is 17.3 Å². The molecule has 6 heteroatoms. The van der Waals surface area contributed by atoms with E-state index in [0.29, 0.717) is 11.1 Å². The van der Waals surface area contributed by atoms with E-state index in [0.717, 1.165) is 13.0 Å². The third-order valence-electron chi connectivity index (χ3n) is 3.84. The molecule has 6 nitrogen and oxygen atoms in total. The highest BCUT2D eigenvalue weighted by Crippen LogP contribution is 2.48. The molecule has 1 saturated carbocycles. The van der Waals surface area contributed by atoms with Crippen molar-refractivity contribution in [1.82, 2.24) is 0 Å². The highest BCUT2D eigenvalue weighted by Gasteiger charge is 2.40. The monoisotopic (exact) mass is 263 g/mol. The van der Waals surface area contributed by atoms with Gasteiger partial charge in [-0.3, -0.25) is 14.9 Å². The Labute approximate surface area is 111 Å². The molecule has 0 aromatic heterocycles. The van der Waals surface area contributed by atoms with E-state index in [1.54, 1.807) is 6.07 Å². The van der Waals surface area contributed by atoms with Gasteiger partial charge >= 0.3 is 0 Å². The Morgan fingerprint density at radius 3 is 2.68 bits per heavy atom. The van der Waals surface area contributed by atoms with Crippen LogP contribution in [0.15, 0.2) is 18.2 Å². The summed E-state index contributed by atoms with van der Waals surface area (Å²) in [5, 5.41) is 13.9. The summed E-state index contributed by atoms with van der Waals surface area (Å²) in [7, 11) is 0. The lowest BCUT2D eigenvalue weighted by molar-refractivity contribution is -0.384. The lowest BCUT2D eigenvalue weighted by atomic mass is 10.0. The maximum absolute atomic E-state index is 11.4. The molecule has 19 heavy (non-hydrogen) atoms. The number of hydrogen-bond donors (Lipinski definition) is 2. The van der Waals surface area contributed by atoms with Crippen LogP contribution >= 0.6 is 0 Å². The highest BCUT2D eigenvalue weighted by atomic mass is 16.6. The van der Waals surface area contributed by atoms with Gasteiger partial charge in [-0.15, -0.1) is 0 Å². The van der Waals surface area contributed by atoms with Crippen LogP contribution in [-0.4, -0.2) is 17.4 Å². The Hall–Kier alpha value is -2.11. The quantitative estimate of drug-likeness (QED) is 0.607. The maximum atomic E-state index is 11.4. The van der Waals surface area contributed by atoms with Crippen molar-refractivity contribution in [1.29, 1.82) is 0 Å². The first-order chi connectivity index (χ1) is 8.97. The number of non-ortho nitro benzene ring substituents is 1. The molecule has 1 aromatic carbocycles. The second-order valence-corrected chi connectivity index (χ2v) is 5.06. The third kappa shape index (κ3) is 2.83. The average molecular weight is 263 g/mol. The second-order valence-electron chi connectivity index (χ2n) is 5.06. The van der Waals surface area contributed by atoms with Crippen LogP contribution in [0.1, 0.15) is 36.5 Å². The summed E-state index contributed by atoms with van der Waals surface area (Å²) in [6, 6.07) is 4.14. The molecular formula is C13H17N3O3. The Balaban J connectivity index is 2.19. The van der Waals surface area contributed by atoms with Crippen LogP contribution in [0.2, 0.25) is 0 Å². The van der Waals surface area contributed by atoms with Crippen LogP contribution in [-0.2, 0) is 0 Å². The van der Waals surface area contributed by atoms with Crippen molar-refractivity contribution < 1.29 is 9.72 Å². The molecule has 1 aliphatic carbocycles. The van der Waals surface area contributed by atoms with E-state index in [-0.39, 0.29) is 11.3 Å². The number of carbonyl (C=O) groups is 1. The van der Waals surface area contributed by atoms with Crippen LogP contribution in [0.25, 0.3) is 0 Å². The van der Waals surface area contributed by atoms with Crippen molar-refractivity contribution in [2.45, 2.75) is 26.2 Å². The van der Waals surface area contributed by atoms with Crippen LogP contribution in [0.3, 0.4) is 0 Å². The number of hydrogen-bond acceptors (Lipinski definition) is 4. The molecule has 1 amide bonds. The second kappa shape index (κ2) is 4.87. The van der Waals surface area contributed by atoms with Crippen molar-refractivity contribution in [3.05, 3.63) is 33.9 Å². The van der Waals surface area contributed by atoms with Gasteiger partial charge in [0.2, 0.25) is 0 Å². The van der Waals surface area contributed by atoms with Crippen LogP contribution < -0.4 is 11.1 Å². The minimum atomic E-state index is -0.660. The number of nitrogens with one attached hydrogen (secondary N) is 1. The first-order valence-corrected chi connectivity index (χ1v) is 6.29. The summed E-state index contributed by atoms with van der Waals surface area (Å²) in [6.07, 6.45) is 3.43. The van der Waals surface area contributed by atoms with Gasteiger partial charge < -0.3 is 11.1 Å². The molecule has 2 rings (SSSR count). The van der Waals surface area contributed by atoms with E-state index in [1.165, 1.54) is 25.0 Å². The van der Waals surface area contributed by atoms with Gasteiger partial charge in [0.05, 0.1) is 10.5 Å². The van der Waals surface area contributed by atoms with Crippen molar-refractivity contribution in [2.75, 3.05) is 11.9 Å². The van der Waals surface area contributed by atoms with E-state index in [1.807, 2.05) is 0 Å². The molecule has 0 aliphatic heterocycles. The number of nitrogens with zero attached hydrogens (tertiary/aromatic N) is 1. The molecule has 0 heterocycles. The van der Waals surface area contributed by atoms with Gasteiger partial charge in [0.25, 0.3) is 11.6 Å².